The second-order valence-corrected chi connectivity index (χ2v) is 9.19. The predicted octanol–water partition coefficient (Wildman–Crippen LogP) is 4.16. The normalized spacial score (nSPS) is 15.8. The van der Waals surface area contributed by atoms with Crippen LogP contribution in [-0.4, -0.2) is 23.8 Å². The van der Waals surface area contributed by atoms with Crippen molar-refractivity contribution in [3.63, 3.8) is 0 Å². The maximum atomic E-state index is 13.5. The van der Waals surface area contributed by atoms with Crippen LogP contribution in [0, 0.1) is 0 Å². The standard InChI is InChI=1S/C24H19BrF2N2O4S/c1-3-32-22(31)19-13(2)28-24-29(20(19)14-8-10-16(25)11-9-14)21(30)18(34-24)12-15-6-4-5-7-17(15)33-23(26)27/h4-12,20,23H,3H2,1-2H3/b18-12+. The van der Waals surface area contributed by atoms with Gasteiger partial charge in [0.05, 0.1) is 28.5 Å². The van der Waals surface area contributed by atoms with E-state index in [1.165, 1.54) is 16.7 Å². The number of aromatic nitrogens is 1. The fraction of sp³-hybridized carbons (Fsp3) is 0.208. The first-order chi connectivity index (χ1) is 16.3. The Morgan fingerprint density at radius 2 is 1.94 bits per heavy atom. The van der Waals surface area contributed by atoms with Gasteiger partial charge in [0.1, 0.15) is 5.75 Å². The Kier molecular flexibility index (Phi) is 7.08. The quantitative estimate of drug-likeness (QED) is 0.433. The highest BCUT2D eigenvalue weighted by molar-refractivity contribution is 9.10. The molecule has 4 rings (SSSR count). The van der Waals surface area contributed by atoms with Gasteiger partial charge >= 0.3 is 12.6 Å². The van der Waals surface area contributed by atoms with Crippen molar-refractivity contribution >= 4 is 39.3 Å². The Hall–Kier alpha value is -3.11. The maximum Gasteiger partial charge on any atom is 0.387 e. The Morgan fingerprint density at radius 1 is 1.24 bits per heavy atom. The van der Waals surface area contributed by atoms with E-state index in [9.17, 15) is 18.4 Å². The molecule has 0 aliphatic carbocycles. The average Bonchev–Trinajstić information content (AvgIpc) is 3.09. The Bertz CT molecular complexity index is 1440. The van der Waals surface area contributed by atoms with Crippen LogP contribution in [0.4, 0.5) is 8.78 Å². The van der Waals surface area contributed by atoms with E-state index in [1.807, 2.05) is 24.3 Å². The summed E-state index contributed by atoms with van der Waals surface area (Å²) in [5.74, 6) is -0.599. The van der Waals surface area contributed by atoms with E-state index >= 15 is 0 Å². The number of para-hydroxylation sites is 1. The summed E-state index contributed by atoms with van der Waals surface area (Å²) >= 11 is 4.51. The highest BCUT2D eigenvalue weighted by Crippen LogP contribution is 2.31. The Labute approximate surface area is 205 Å². The summed E-state index contributed by atoms with van der Waals surface area (Å²) in [5, 5.41) is 0. The Balaban J connectivity index is 1.93. The lowest BCUT2D eigenvalue weighted by atomic mass is 9.96. The third-order valence-electron chi connectivity index (χ3n) is 5.12. The van der Waals surface area contributed by atoms with Crippen molar-refractivity contribution in [2.45, 2.75) is 26.5 Å². The summed E-state index contributed by atoms with van der Waals surface area (Å²) in [5.41, 5.74) is 1.34. The second-order valence-electron chi connectivity index (χ2n) is 7.27. The number of thiazole rings is 1. The summed E-state index contributed by atoms with van der Waals surface area (Å²) in [7, 11) is 0. The molecule has 0 saturated carbocycles. The van der Waals surface area contributed by atoms with E-state index in [0.29, 0.717) is 21.6 Å². The van der Waals surface area contributed by atoms with E-state index < -0.39 is 24.2 Å². The molecule has 1 aromatic heterocycles. The van der Waals surface area contributed by atoms with E-state index in [1.54, 1.807) is 32.0 Å². The van der Waals surface area contributed by atoms with Crippen molar-refractivity contribution in [2.75, 3.05) is 6.61 Å². The maximum absolute atomic E-state index is 13.5. The molecular formula is C24H19BrF2N2O4S. The molecule has 176 valence electrons. The minimum atomic E-state index is -3.00. The van der Waals surface area contributed by atoms with Gasteiger partial charge in [-0.3, -0.25) is 9.36 Å². The first-order valence-electron chi connectivity index (χ1n) is 10.3. The Morgan fingerprint density at radius 3 is 2.62 bits per heavy atom. The molecule has 2 aromatic carbocycles. The van der Waals surface area contributed by atoms with E-state index in [4.69, 9.17) is 4.74 Å². The van der Waals surface area contributed by atoms with E-state index in [-0.39, 0.29) is 22.5 Å². The average molecular weight is 549 g/mol. The third kappa shape index (κ3) is 4.74. The van der Waals surface area contributed by atoms with Gasteiger partial charge in [-0.1, -0.05) is 57.6 Å². The molecule has 3 aromatic rings. The number of carbonyl (C=O) groups excluding carboxylic acids is 1. The summed E-state index contributed by atoms with van der Waals surface area (Å²) in [4.78, 5) is 31.3. The molecule has 6 nitrogen and oxygen atoms in total. The zero-order chi connectivity index (χ0) is 24.4. The zero-order valence-corrected chi connectivity index (χ0v) is 20.5. The van der Waals surface area contributed by atoms with Gasteiger partial charge in [0.15, 0.2) is 4.80 Å². The molecular weight excluding hydrogens is 530 g/mol. The van der Waals surface area contributed by atoms with Crippen molar-refractivity contribution in [3.05, 3.63) is 95.1 Å². The van der Waals surface area contributed by atoms with Gasteiger partial charge < -0.3 is 9.47 Å². The molecule has 0 N–H and O–H groups in total. The van der Waals surface area contributed by atoms with Crippen LogP contribution in [0.3, 0.4) is 0 Å². The number of hydrogen-bond acceptors (Lipinski definition) is 6. The van der Waals surface area contributed by atoms with Crippen LogP contribution in [0.5, 0.6) is 5.75 Å². The molecule has 1 atom stereocenters. The fourth-order valence-corrected chi connectivity index (χ4v) is 5.00. The molecule has 10 heteroatoms. The van der Waals surface area contributed by atoms with Gasteiger partial charge in [-0.15, -0.1) is 0 Å². The molecule has 2 heterocycles. The molecule has 0 amide bonds. The number of alkyl halides is 2. The van der Waals surface area contributed by atoms with Crippen LogP contribution in [0.1, 0.15) is 31.0 Å². The summed E-state index contributed by atoms with van der Waals surface area (Å²) < 4.78 is 38.1. The van der Waals surface area contributed by atoms with Crippen LogP contribution < -0.4 is 19.6 Å². The first kappa shape index (κ1) is 24.0. The molecule has 0 saturated heterocycles. The lowest BCUT2D eigenvalue weighted by Crippen LogP contribution is -2.39. The van der Waals surface area contributed by atoms with Crippen LogP contribution >= 0.6 is 27.3 Å². The highest BCUT2D eigenvalue weighted by atomic mass is 79.9. The fourth-order valence-electron chi connectivity index (χ4n) is 3.70. The van der Waals surface area contributed by atoms with Gasteiger partial charge in [0, 0.05) is 10.0 Å². The van der Waals surface area contributed by atoms with Crippen molar-refractivity contribution in [1.82, 2.24) is 4.57 Å². The number of allylic oxidation sites excluding steroid dienone is 1. The number of esters is 1. The van der Waals surface area contributed by atoms with Gasteiger partial charge in [-0.2, -0.15) is 8.78 Å². The predicted molar refractivity (Wildman–Crippen MR) is 128 cm³/mol. The van der Waals surface area contributed by atoms with Gasteiger partial charge in [-0.05, 0) is 43.7 Å². The molecule has 1 aliphatic rings. The molecule has 0 radical (unpaired) electrons. The first-order valence-corrected chi connectivity index (χ1v) is 11.9. The SMILES string of the molecule is CCOC(=O)C1=C(C)N=c2s/c(=C/c3ccccc3OC(F)F)c(=O)n2C1c1ccc(Br)cc1. The molecule has 0 fully saturated rings. The minimum Gasteiger partial charge on any atom is -0.463 e. The molecule has 1 unspecified atom stereocenters. The molecule has 0 spiro atoms. The second kappa shape index (κ2) is 10.0. The van der Waals surface area contributed by atoms with Crippen molar-refractivity contribution in [3.8, 4) is 5.75 Å². The summed E-state index contributed by atoms with van der Waals surface area (Å²) in [6, 6.07) is 12.7. The lowest BCUT2D eigenvalue weighted by molar-refractivity contribution is -0.139. The number of fused-ring (bicyclic) bond motifs is 1. The third-order valence-corrected chi connectivity index (χ3v) is 6.64. The molecule has 34 heavy (non-hydrogen) atoms. The van der Waals surface area contributed by atoms with Crippen LogP contribution in [0.25, 0.3) is 6.08 Å². The van der Waals surface area contributed by atoms with Gasteiger partial charge in [0.2, 0.25) is 0 Å². The smallest absolute Gasteiger partial charge is 0.387 e. The van der Waals surface area contributed by atoms with Gasteiger partial charge in [-0.25, -0.2) is 9.79 Å². The number of nitrogens with zero attached hydrogens (tertiary/aromatic N) is 2. The summed E-state index contributed by atoms with van der Waals surface area (Å²) in [6.07, 6.45) is 1.49. The largest absolute Gasteiger partial charge is 0.463 e. The van der Waals surface area contributed by atoms with Crippen molar-refractivity contribution in [1.29, 1.82) is 0 Å². The molecule has 0 bridgehead atoms. The molecule has 1 aliphatic heterocycles. The van der Waals surface area contributed by atoms with Crippen LogP contribution in [-0.2, 0) is 9.53 Å². The highest BCUT2D eigenvalue weighted by Gasteiger charge is 2.33. The van der Waals surface area contributed by atoms with E-state index in [2.05, 4.69) is 25.7 Å². The number of halogens is 3. The van der Waals surface area contributed by atoms with Crippen molar-refractivity contribution in [2.24, 2.45) is 4.99 Å². The van der Waals surface area contributed by atoms with Crippen LogP contribution in [0.15, 0.2) is 74.1 Å². The summed E-state index contributed by atoms with van der Waals surface area (Å²) in [6.45, 7) is 0.578. The van der Waals surface area contributed by atoms with Gasteiger partial charge in [0.25, 0.3) is 5.56 Å². The van der Waals surface area contributed by atoms with E-state index in [0.717, 1.165) is 15.8 Å². The number of rotatable bonds is 6. The topological polar surface area (TPSA) is 69.9 Å². The number of hydrogen-bond donors (Lipinski definition) is 0. The lowest BCUT2D eigenvalue weighted by Gasteiger charge is -2.24. The van der Waals surface area contributed by atoms with Crippen molar-refractivity contribution < 1.29 is 23.0 Å². The zero-order valence-electron chi connectivity index (χ0n) is 18.1. The number of carbonyl (C=O) groups is 1. The minimum absolute atomic E-state index is 0.0452. The monoisotopic (exact) mass is 548 g/mol. The number of ether oxygens (including phenoxy) is 2. The van der Waals surface area contributed by atoms with Crippen LogP contribution in [0.2, 0.25) is 0 Å². The number of benzene rings is 2.